The number of nitrogens with two attached hydrogens (primary N) is 1. The SMILES string of the molecule is C[Si](C)(C)CCC[n+]1ccn(C2CCN(c3ccc(N)cc3)C2)c1.[Cl-]. The Bertz CT molecular complexity index is 663. The fourth-order valence-corrected chi connectivity index (χ4v) is 4.67. The number of nitrogen functional groups attached to an aromatic ring is 1. The zero-order valence-electron chi connectivity index (χ0n) is 15.7. The van der Waals surface area contributed by atoms with Gasteiger partial charge < -0.3 is 23.0 Å². The molecule has 1 aliphatic rings. The monoisotopic (exact) mass is 378 g/mol. The Morgan fingerprint density at radius 3 is 2.60 bits per heavy atom. The summed E-state index contributed by atoms with van der Waals surface area (Å²) in [5.41, 5.74) is 7.90. The summed E-state index contributed by atoms with van der Waals surface area (Å²) in [6, 6.07) is 10.2. The van der Waals surface area contributed by atoms with Crippen LogP contribution in [0.5, 0.6) is 0 Å². The zero-order valence-corrected chi connectivity index (χ0v) is 17.4. The van der Waals surface area contributed by atoms with Crippen molar-refractivity contribution in [2.24, 2.45) is 0 Å². The molecule has 4 nitrogen and oxygen atoms in total. The van der Waals surface area contributed by atoms with Gasteiger partial charge in [-0.1, -0.05) is 25.7 Å². The number of rotatable bonds is 6. The average Bonchev–Trinajstić information content (AvgIpc) is 3.15. The summed E-state index contributed by atoms with van der Waals surface area (Å²) in [5.74, 6) is 0. The van der Waals surface area contributed by atoms with Crippen LogP contribution in [-0.4, -0.2) is 25.7 Å². The molecule has 3 rings (SSSR count). The van der Waals surface area contributed by atoms with Gasteiger partial charge >= 0.3 is 0 Å². The van der Waals surface area contributed by atoms with Gasteiger partial charge in [-0.25, -0.2) is 9.13 Å². The Balaban J connectivity index is 0.00000225. The third-order valence-corrected chi connectivity index (χ3v) is 6.75. The normalized spacial score (nSPS) is 17.6. The smallest absolute Gasteiger partial charge is 0.244 e. The highest BCUT2D eigenvalue weighted by atomic mass is 35.5. The molecule has 1 aromatic carbocycles. The summed E-state index contributed by atoms with van der Waals surface area (Å²) in [6.45, 7) is 10.7. The fraction of sp³-hybridized carbons (Fsp3) is 0.526. The van der Waals surface area contributed by atoms with E-state index in [0.29, 0.717) is 6.04 Å². The number of nitrogens with zero attached hydrogens (tertiary/aromatic N) is 3. The molecule has 6 heteroatoms. The molecule has 2 N–H and O–H groups in total. The predicted octanol–water partition coefficient (Wildman–Crippen LogP) is 0.542. The molecule has 2 aromatic rings. The van der Waals surface area contributed by atoms with E-state index < -0.39 is 8.07 Å². The number of anilines is 2. The number of halogens is 1. The van der Waals surface area contributed by atoms with Gasteiger partial charge in [-0.3, -0.25) is 0 Å². The second-order valence-electron chi connectivity index (χ2n) is 8.24. The van der Waals surface area contributed by atoms with Crippen molar-refractivity contribution in [3.8, 4) is 0 Å². The minimum Gasteiger partial charge on any atom is -1.00 e. The van der Waals surface area contributed by atoms with Crippen LogP contribution in [0.2, 0.25) is 25.7 Å². The predicted molar refractivity (Wildman–Crippen MR) is 104 cm³/mol. The van der Waals surface area contributed by atoms with Crippen LogP contribution in [0.4, 0.5) is 11.4 Å². The Kier molecular flexibility index (Phi) is 6.57. The average molecular weight is 379 g/mol. The van der Waals surface area contributed by atoms with Gasteiger partial charge in [-0.05, 0) is 30.7 Å². The van der Waals surface area contributed by atoms with E-state index in [0.717, 1.165) is 25.3 Å². The summed E-state index contributed by atoms with van der Waals surface area (Å²) in [7, 11) is -0.916. The minimum atomic E-state index is -0.916. The van der Waals surface area contributed by atoms with Crippen LogP contribution in [0.15, 0.2) is 43.0 Å². The lowest BCUT2D eigenvalue weighted by atomic mass is 10.2. The van der Waals surface area contributed by atoms with E-state index in [-0.39, 0.29) is 12.4 Å². The number of aryl methyl sites for hydroxylation is 1. The summed E-state index contributed by atoms with van der Waals surface area (Å²) in [5, 5.41) is 0. The molecule has 2 heterocycles. The second-order valence-corrected chi connectivity index (χ2v) is 13.9. The number of aromatic nitrogens is 2. The number of hydrogen-bond acceptors (Lipinski definition) is 2. The van der Waals surface area contributed by atoms with Gasteiger partial charge in [0.2, 0.25) is 6.33 Å². The molecule has 1 aliphatic heterocycles. The number of benzene rings is 1. The molecule has 0 amide bonds. The van der Waals surface area contributed by atoms with Crippen molar-refractivity contribution in [1.29, 1.82) is 0 Å². The largest absolute Gasteiger partial charge is 1.00 e. The molecular weight excluding hydrogens is 348 g/mol. The van der Waals surface area contributed by atoms with Gasteiger partial charge in [0.1, 0.15) is 18.4 Å². The Hall–Kier alpha value is -1.46. The third kappa shape index (κ3) is 5.51. The summed E-state index contributed by atoms with van der Waals surface area (Å²) < 4.78 is 4.75. The van der Waals surface area contributed by atoms with Crippen LogP contribution in [0.3, 0.4) is 0 Å². The van der Waals surface area contributed by atoms with Crippen molar-refractivity contribution in [1.82, 2.24) is 4.57 Å². The maximum absolute atomic E-state index is 5.79. The quantitative estimate of drug-likeness (QED) is 0.452. The molecule has 0 aliphatic carbocycles. The lowest BCUT2D eigenvalue weighted by molar-refractivity contribution is -0.696. The lowest BCUT2D eigenvalue weighted by Crippen LogP contribution is -3.00. The van der Waals surface area contributed by atoms with Crippen LogP contribution in [0.25, 0.3) is 0 Å². The van der Waals surface area contributed by atoms with Crippen LogP contribution in [-0.2, 0) is 6.54 Å². The molecule has 0 bridgehead atoms. The molecule has 1 aromatic heterocycles. The molecule has 1 atom stereocenters. The topological polar surface area (TPSA) is 38.1 Å². The number of hydrogen-bond donors (Lipinski definition) is 1. The van der Waals surface area contributed by atoms with E-state index in [9.17, 15) is 0 Å². The summed E-state index contributed by atoms with van der Waals surface area (Å²) in [4.78, 5) is 2.46. The Morgan fingerprint density at radius 1 is 1.20 bits per heavy atom. The standard InChI is InChI=1S/C19H31N4Si.ClH/c1-24(2,3)14-4-10-21-12-13-23(16-21)19-9-11-22(15-19)18-7-5-17(20)6-8-18;/h5-8,12-13,16,19H,4,9-11,14-15,20H2,1-3H3;1H/q+1;/p-1. The van der Waals surface area contributed by atoms with Crippen molar-refractivity contribution >= 4 is 19.4 Å². The molecule has 0 saturated carbocycles. The van der Waals surface area contributed by atoms with Gasteiger partial charge in [0.25, 0.3) is 0 Å². The maximum Gasteiger partial charge on any atom is 0.244 e. The van der Waals surface area contributed by atoms with Gasteiger partial charge in [-0.15, -0.1) is 0 Å². The van der Waals surface area contributed by atoms with Crippen molar-refractivity contribution in [3.63, 3.8) is 0 Å². The van der Waals surface area contributed by atoms with Crippen LogP contribution in [0.1, 0.15) is 18.9 Å². The molecule has 25 heavy (non-hydrogen) atoms. The van der Waals surface area contributed by atoms with E-state index in [1.165, 1.54) is 24.6 Å². The molecule has 138 valence electrons. The highest BCUT2D eigenvalue weighted by Crippen LogP contribution is 2.27. The Morgan fingerprint density at radius 2 is 1.92 bits per heavy atom. The minimum absolute atomic E-state index is 0. The van der Waals surface area contributed by atoms with Gasteiger partial charge in [0, 0.05) is 32.4 Å². The zero-order chi connectivity index (χ0) is 17.2. The molecule has 1 saturated heterocycles. The molecule has 1 unspecified atom stereocenters. The van der Waals surface area contributed by atoms with Crippen molar-refractivity contribution in [3.05, 3.63) is 43.0 Å². The summed E-state index contributed by atoms with van der Waals surface area (Å²) >= 11 is 0. The van der Waals surface area contributed by atoms with E-state index in [1.807, 2.05) is 12.1 Å². The lowest BCUT2D eigenvalue weighted by Gasteiger charge is -2.17. The third-order valence-electron chi connectivity index (χ3n) is 4.90. The molecule has 0 radical (unpaired) electrons. The molecule has 0 spiro atoms. The highest BCUT2D eigenvalue weighted by molar-refractivity contribution is 6.76. The molecule has 1 fully saturated rings. The fourth-order valence-electron chi connectivity index (χ4n) is 3.46. The van der Waals surface area contributed by atoms with Crippen molar-refractivity contribution < 1.29 is 17.0 Å². The highest BCUT2D eigenvalue weighted by Gasteiger charge is 2.27. The van der Waals surface area contributed by atoms with E-state index in [2.05, 4.69) is 64.5 Å². The first-order chi connectivity index (χ1) is 11.4. The van der Waals surface area contributed by atoms with Gasteiger partial charge in [0.05, 0.1) is 13.1 Å². The van der Waals surface area contributed by atoms with E-state index in [1.54, 1.807) is 0 Å². The van der Waals surface area contributed by atoms with Gasteiger partial charge in [0.15, 0.2) is 0 Å². The van der Waals surface area contributed by atoms with Crippen molar-refractivity contribution in [2.45, 2.75) is 51.1 Å². The van der Waals surface area contributed by atoms with Gasteiger partial charge in [-0.2, -0.15) is 0 Å². The summed E-state index contributed by atoms with van der Waals surface area (Å²) in [6.07, 6.45) is 9.27. The van der Waals surface area contributed by atoms with Crippen LogP contribution < -0.4 is 27.6 Å². The van der Waals surface area contributed by atoms with Crippen LogP contribution in [0, 0.1) is 0 Å². The molecular formula is C19H31ClN4Si. The van der Waals surface area contributed by atoms with Crippen LogP contribution >= 0.6 is 0 Å². The van der Waals surface area contributed by atoms with E-state index in [4.69, 9.17) is 5.73 Å². The number of imidazole rings is 1. The second kappa shape index (κ2) is 8.28. The van der Waals surface area contributed by atoms with E-state index >= 15 is 0 Å². The first kappa shape index (κ1) is 19.9. The first-order valence-electron chi connectivity index (χ1n) is 9.08. The van der Waals surface area contributed by atoms with Crippen molar-refractivity contribution in [2.75, 3.05) is 23.7 Å². The first-order valence-corrected chi connectivity index (χ1v) is 12.8. The Labute approximate surface area is 159 Å². The maximum atomic E-state index is 5.79.